The van der Waals surface area contributed by atoms with Gasteiger partial charge in [0.2, 0.25) is 0 Å². The van der Waals surface area contributed by atoms with Crippen LogP contribution >= 0.6 is 0 Å². The molecule has 170 valence electrons. The Morgan fingerprint density at radius 1 is 0.484 bits per heavy atom. The Labute approximate surface area is 192 Å². The van der Waals surface area contributed by atoms with Gasteiger partial charge in [-0.25, -0.2) is 0 Å². The molecule has 0 fully saturated rings. The van der Waals surface area contributed by atoms with Crippen LogP contribution in [0.1, 0.15) is 87.3 Å². The van der Waals surface area contributed by atoms with E-state index >= 15 is 0 Å². The van der Waals surface area contributed by atoms with E-state index in [2.05, 4.69) is 88.4 Å². The minimum Gasteiger partial charge on any atom is -0.0683 e. The molecule has 0 atom stereocenters. The first-order valence-electron chi connectivity index (χ1n) is 12.3. The molecule has 0 saturated carbocycles. The highest BCUT2D eigenvalue weighted by molar-refractivity contribution is 6.12. The van der Waals surface area contributed by atoms with E-state index in [9.17, 15) is 0 Å². The van der Waals surface area contributed by atoms with Gasteiger partial charge in [-0.2, -0.15) is 0 Å². The largest absolute Gasteiger partial charge is 0.0683 e. The van der Waals surface area contributed by atoms with Crippen molar-refractivity contribution in [2.45, 2.75) is 88.5 Å². The Morgan fingerprint density at radius 3 is 1.39 bits per heavy atom. The topological polar surface area (TPSA) is 0 Å². The normalized spacial score (nSPS) is 9.94. The zero-order chi connectivity index (χ0) is 24.2. The summed E-state index contributed by atoms with van der Waals surface area (Å²) in [6.07, 6.45) is 0. The zero-order valence-corrected chi connectivity index (χ0v) is 22.3. The maximum Gasteiger partial charge on any atom is -0.00989 e. The van der Waals surface area contributed by atoms with Crippen LogP contribution in [-0.4, -0.2) is 0 Å². The maximum atomic E-state index is 2.40. The molecular weight excluding hydrogens is 372 g/mol. The molecule has 4 aromatic rings. The third kappa shape index (κ3) is 6.82. The Morgan fingerprint density at radius 2 is 0.903 bits per heavy atom. The van der Waals surface area contributed by atoms with Crippen molar-refractivity contribution in [1.29, 1.82) is 0 Å². The fourth-order valence-corrected chi connectivity index (χ4v) is 3.72. The van der Waals surface area contributed by atoms with Crippen LogP contribution in [0, 0.1) is 6.92 Å². The SMILES string of the molecule is CC.CC.CC.CC.Cc1cc2ccc3cc4ccccc4cc3c2cc1C(C)(C)C. The van der Waals surface area contributed by atoms with Gasteiger partial charge in [0.25, 0.3) is 0 Å². The van der Waals surface area contributed by atoms with Gasteiger partial charge in [0.05, 0.1) is 0 Å². The molecule has 31 heavy (non-hydrogen) atoms. The quantitative estimate of drug-likeness (QED) is 0.197. The summed E-state index contributed by atoms with van der Waals surface area (Å²) in [5.74, 6) is 0. The second-order valence-corrected chi connectivity index (χ2v) is 7.62. The molecule has 0 aliphatic carbocycles. The molecule has 0 spiro atoms. The van der Waals surface area contributed by atoms with E-state index in [1.165, 1.54) is 43.4 Å². The van der Waals surface area contributed by atoms with E-state index in [0.29, 0.717) is 0 Å². The lowest BCUT2D eigenvalue weighted by Crippen LogP contribution is -2.12. The smallest absolute Gasteiger partial charge is 0.00989 e. The summed E-state index contributed by atoms with van der Waals surface area (Å²) in [6, 6.07) is 22.5. The van der Waals surface area contributed by atoms with Gasteiger partial charge in [0.1, 0.15) is 0 Å². The summed E-state index contributed by atoms with van der Waals surface area (Å²) < 4.78 is 0. The number of rotatable bonds is 0. The average Bonchev–Trinajstić information content (AvgIpc) is 2.82. The van der Waals surface area contributed by atoms with Crippen LogP contribution in [0.15, 0.2) is 60.7 Å². The van der Waals surface area contributed by atoms with E-state index in [1.807, 2.05) is 55.4 Å². The lowest BCUT2D eigenvalue weighted by atomic mass is 9.82. The summed E-state index contributed by atoms with van der Waals surface area (Å²) in [5, 5.41) is 7.99. The van der Waals surface area contributed by atoms with Gasteiger partial charge < -0.3 is 0 Å². The lowest BCUT2D eigenvalue weighted by Gasteiger charge is -2.23. The highest BCUT2D eigenvalue weighted by Gasteiger charge is 2.17. The summed E-state index contributed by atoms with van der Waals surface area (Å²) in [5.41, 5.74) is 2.98. The molecule has 0 nitrogen and oxygen atoms in total. The molecule has 0 amide bonds. The fourth-order valence-electron chi connectivity index (χ4n) is 3.72. The minimum absolute atomic E-state index is 0.164. The standard InChI is InChI=1S/C23H22.4C2H6/c1-15-11-18-9-10-19-12-16-7-5-6-8-17(16)13-20(19)21(18)14-22(15)23(2,3)4;4*1-2/h5-14H,1-4H3;4*1-2H3. The Balaban J connectivity index is 0.00000102. The van der Waals surface area contributed by atoms with Crippen molar-refractivity contribution in [3.8, 4) is 0 Å². The molecule has 0 saturated heterocycles. The molecule has 0 aromatic heterocycles. The van der Waals surface area contributed by atoms with Crippen LogP contribution in [0.5, 0.6) is 0 Å². The first-order chi connectivity index (χ1) is 14.9. The molecule has 4 aromatic carbocycles. The molecule has 0 heterocycles. The zero-order valence-electron chi connectivity index (χ0n) is 22.3. The molecule has 0 heteroatoms. The highest BCUT2D eigenvalue weighted by Crippen LogP contribution is 2.34. The Hall–Kier alpha value is -2.34. The average molecular weight is 419 g/mol. The first-order valence-corrected chi connectivity index (χ1v) is 12.3. The van der Waals surface area contributed by atoms with Gasteiger partial charge in [0.15, 0.2) is 0 Å². The summed E-state index contributed by atoms with van der Waals surface area (Å²) in [4.78, 5) is 0. The third-order valence-corrected chi connectivity index (χ3v) is 4.86. The van der Waals surface area contributed by atoms with Crippen LogP contribution in [0.4, 0.5) is 0 Å². The molecular formula is C31H46. The van der Waals surface area contributed by atoms with E-state index < -0.39 is 0 Å². The monoisotopic (exact) mass is 418 g/mol. The third-order valence-electron chi connectivity index (χ3n) is 4.86. The molecule has 0 radical (unpaired) electrons. The molecule has 0 N–H and O–H groups in total. The summed E-state index contributed by atoms with van der Waals surface area (Å²) in [6.45, 7) is 25.1. The lowest BCUT2D eigenvalue weighted by molar-refractivity contribution is 0.587. The van der Waals surface area contributed by atoms with Crippen LogP contribution in [-0.2, 0) is 5.41 Å². The van der Waals surface area contributed by atoms with E-state index in [1.54, 1.807) is 0 Å². The molecule has 0 bridgehead atoms. The van der Waals surface area contributed by atoms with Gasteiger partial charge >= 0.3 is 0 Å². The van der Waals surface area contributed by atoms with E-state index in [-0.39, 0.29) is 5.41 Å². The van der Waals surface area contributed by atoms with Gasteiger partial charge in [-0.05, 0) is 74.0 Å². The van der Waals surface area contributed by atoms with Crippen molar-refractivity contribution in [2.75, 3.05) is 0 Å². The van der Waals surface area contributed by atoms with E-state index in [4.69, 9.17) is 0 Å². The van der Waals surface area contributed by atoms with Gasteiger partial charge in [0, 0.05) is 0 Å². The van der Waals surface area contributed by atoms with Crippen molar-refractivity contribution in [3.63, 3.8) is 0 Å². The van der Waals surface area contributed by atoms with Crippen LogP contribution in [0.3, 0.4) is 0 Å². The molecule has 4 rings (SSSR count). The predicted molar refractivity (Wildman–Crippen MR) is 148 cm³/mol. The number of hydrogen-bond acceptors (Lipinski definition) is 0. The Bertz CT molecular complexity index is 1050. The van der Waals surface area contributed by atoms with Gasteiger partial charge in [-0.1, -0.05) is 119 Å². The second-order valence-electron chi connectivity index (χ2n) is 7.62. The van der Waals surface area contributed by atoms with Crippen LogP contribution < -0.4 is 0 Å². The first kappa shape index (κ1) is 28.7. The highest BCUT2D eigenvalue weighted by atomic mass is 14.2. The maximum absolute atomic E-state index is 2.40. The predicted octanol–water partition coefficient (Wildman–Crippen LogP) is 10.9. The van der Waals surface area contributed by atoms with Crippen LogP contribution in [0.2, 0.25) is 0 Å². The molecule has 0 unspecified atom stereocenters. The summed E-state index contributed by atoms with van der Waals surface area (Å²) >= 11 is 0. The molecule has 0 aliphatic heterocycles. The van der Waals surface area contributed by atoms with Crippen molar-refractivity contribution in [3.05, 3.63) is 71.8 Å². The second kappa shape index (κ2) is 13.9. The Kier molecular flexibility index (Phi) is 12.8. The van der Waals surface area contributed by atoms with Gasteiger partial charge in [-0.15, -0.1) is 0 Å². The number of fused-ring (bicyclic) bond motifs is 4. The van der Waals surface area contributed by atoms with Crippen LogP contribution in [0.25, 0.3) is 32.3 Å². The van der Waals surface area contributed by atoms with E-state index in [0.717, 1.165) is 0 Å². The van der Waals surface area contributed by atoms with Gasteiger partial charge in [-0.3, -0.25) is 0 Å². The number of hydrogen-bond donors (Lipinski definition) is 0. The van der Waals surface area contributed by atoms with Crippen molar-refractivity contribution < 1.29 is 0 Å². The number of benzene rings is 4. The minimum atomic E-state index is 0.164. The number of aryl methyl sites for hydroxylation is 1. The van der Waals surface area contributed by atoms with Crippen molar-refractivity contribution in [2.24, 2.45) is 0 Å². The fraction of sp³-hybridized carbons (Fsp3) is 0.419. The summed E-state index contributed by atoms with van der Waals surface area (Å²) in [7, 11) is 0. The molecule has 0 aliphatic rings. The van der Waals surface area contributed by atoms with Crippen molar-refractivity contribution in [1.82, 2.24) is 0 Å². The van der Waals surface area contributed by atoms with Crippen molar-refractivity contribution >= 4 is 32.3 Å².